The molecule has 1 saturated carbocycles. The smallest absolute Gasteiger partial charge is 0.261 e. The van der Waals surface area contributed by atoms with Crippen molar-refractivity contribution in [2.45, 2.75) is 64.1 Å². The Hall–Kier alpha value is -1.76. The van der Waals surface area contributed by atoms with Gasteiger partial charge in [0, 0.05) is 22.1 Å². The Morgan fingerprint density at radius 1 is 1.12 bits per heavy atom. The third-order valence-electron chi connectivity index (χ3n) is 5.85. The quantitative estimate of drug-likeness (QED) is 0.390. The molecule has 0 spiro atoms. The van der Waals surface area contributed by atoms with Gasteiger partial charge in [-0.25, -0.2) is 0 Å². The predicted molar refractivity (Wildman–Crippen MR) is 136 cm³/mol. The van der Waals surface area contributed by atoms with E-state index in [-0.39, 0.29) is 31.0 Å². The summed E-state index contributed by atoms with van der Waals surface area (Å²) in [4.78, 5) is 28.1. The number of nitrogens with zero attached hydrogens (tertiary/aromatic N) is 1. The summed E-state index contributed by atoms with van der Waals surface area (Å²) in [5, 5.41) is 4.19. The lowest BCUT2D eigenvalue weighted by Gasteiger charge is -2.32. The zero-order valence-electron chi connectivity index (χ0n) is 18.7. The largest absolute Gasteiger partial charge is 0.482 e. The van der Waals surface area contributed by atoms with Gasteiger partial charge in [-0.1, -0.05) is 77.5 Å². The highest BCUT2D eigenvalue weighted by molar-refractivity contribution is 9.10. The molecule has 1 N–H and O–H groups in total. The maximum Gasteiger partial charge on any atom is 0.261 e. The molecule has 2 amide bonds. The lowest BCUT2D eigenvalue weighted by molar-refractivity contribution is -0.143. The van der Waals surface area contributed by atoms with Crippen molar-refractivity contribution < 1.29 is 14.3 Å². The van der Waals surface area contributed by atoms with Crippen LogP contribution in [0.1, 0.15) is 51.0 Å². The zero-order chi connectivity index (χ0) is 23.8. The van der Waals surface area contributed by atoms with E-state index >= 15 is 0 Å². The van der Waals surface area contributed by atoms with Gasteiger partial charge in [0.15, 0.2) is 6.61 Å². The van der Waals surface area contributed by atoms with E-state index in [2.05, 4.69) is 21.2 Å². The molecule has 0 radical (unpaired) electrons. The number of hydrogen-bond acceptors (Lipinski definition) is 3. The summed E-state index contributed by atoms with van der Waals surface area (Å²) in [6.07, 6.45) is 5.92. The number of nitrogens with one attached hydrogen (secondary N) is 1. The van der Waals surface area contributed by atoms with Crippen LogP contribution in [0.15, 0.2) is 46.9 Å². The average molecular weight is 556 g/mol. The maximum absolute atomic E-state index is 13.3. The van der Waals surface area contributed by atoms with Crippen molar-refractivity contribution in [2.24, 2.45) is 0 Å². The SMILES string of the molecule is CCC(C(=O)NC1CCCCC1)N(Cc1ccc(Cl)cc1)C(=O)COc1ccc(Br)cc1Cl. The van der Waals surface area contributed by atoms with Crippen LogP contribution in [0.25, 0.3) is 0 Å². The van der Waals surface area contributed by atoms with Crippen LogP contribution in [0.5, 0.6) is 5.75 Å². The second-order valence-electron chi connectivity index (χ2n) is 8.28. The van der Waals surface area contributed by atoms with Crippen molar-refractivity contribution in [3.05, 3.63) is 62.5 Å². The van der Waals surface area contributed by atoms with Crippen molar-refractivity contribution in [1.82, 2.24) is 10.2 Å². The van der Waals surface area contributed by atoms with E-state index in [4.69, 9.17) is 27.9 Å². The van der Waals surface area contributed by atoms with Crippen molar-refractivity contribution in [3.8, 4) is 5.75 Å². The van der Waals surface area contributed by atoms with Crippen molar-refractivity contribution >= 4 is 50.9 Å². The van der Waals surface area contributed by atoms with Crippen LogP contribution in [0.2, 0.25) is 10.0 Å². The van der Waals surface area contributed by atoms with E-state index in [0.717, 1.165) is 35.7 Å². The molecule has 2 aromatic rings. The molecule has 1 fully saturated rings. The number of amides is 2. The molecule has 0 saturated heterocycles. The van der Waals surface area contributed by atoms with Crippen molar-refractivity contribution in [3.63, 3.8) is 0 Å². The minimum absolute atomic E-state index is 0.117. The first-order valence-electron chi connectivity index (χ1n) is 11.3. The molecule has 1 aliphatic rings. The Morgan fingerprint density at radius 3 is 2.45 bits per heavy atom. The Bertz CT molecular complexity index is 949. The summed E-state index contributed by atoms with van der Waals surface area (Å²) in [7, 11) is 0. The fourth-order valence-corrected chi connectivity index (χ4v) is 4.92. The fourth-order valence-electron chi connectivity index (χ4n) is 4.06. The number of ether oxygens (including phenoxy) is 1. The van der Waals surface area contributed by atoms with Gasteiger partial charge in [-0.2, -0.15) is 0 Å². The van der Waals surface area contributed by atoms with Crippen molar-refractivity contribution in [1.29, 1.82) is 0 Å². The Kier molecular flexibility index (Phi) is 9.90. The average Bonchev–Trinajstić information content (AvgIpc) is 2.80. The number of benzene rings is 2. The highest BCUT2D eigenvalue weighted by Gasteiger charge is 2.30. The van der Waals surface area contributed by atoms with E-state index in [1.807, 2.05) is 19.1 Å². The summed E-state index contributed by atoms with van der Waals surface area (Å²) >= 11 is 15.6. The number of carbonyl (C=O) groups excluding carboxylic acids is 2. The number of halogens is 3. The molecular formula is C25H29BrCl2N2O3. The van der Waals surface area contributed by atoms with Crippen LogP contribution >= 0.6 is 39.1 Å². The Balaban J connectivity index is 1.76. The summed E-state index contributed by atoms with van der Waals surface area (Å²) in [5.41, 5.74) is 0.887. The van der Waals surface area contributed by atoms with Crippen LogP contribution < -0.4 is 10.1 Å². The number of carbonyl (C=O) groups is 2. The van der Waals surface area contributed by atoms with E-state index in [1.165, 1.54) is 6.42 Å². The first-order chi connectivity index (χ1) is 15.9. The van der Waals surface area contributed by atoms with Crippen LogP contribution in [-0.2, 0) is 16.1 Å². The highest BCUT2D eigenvalue weighted by atomic mass is 79.9. The second kappa shape index (κ2) is 12.6. The Morgan fingerprint density at radius 2 is 1.82 bits per heavy atom. The van der Waals surface area contributed by atoms with Gasteiger partial charge in [0.05, 0.1) is 5.02 Å². The molecule has 0 heterocycles. The molecule has 1 unspecified atom stereocenters. The van der Waals surface area contributed by atoms with Gasteiger partial charge in [-0.3, -0.25) is 9.59 Å². The van der Waals surface area contributed by atoms with Crippen LogP contribution in [0, 0.1) is 0 Å². The van der Waals surface area contributed by atoms with E-state index in [0.29, 0.717) is 22.2 Å². The molecule has 33 heavy (non-hydrogen) atoms. The molecule has 5 nitrogen and oxygen atoms in total. The molecule has 3 rings (SSSR count). The number of rotatable bonds is 9. The second-order valence-corrected chi connectivity index (χ2v) is 10.0. The van der Waals surface area contributed by atoms with Gasteiger partial charge >= 0.3 is 0 Å². The predicted octanol–water partition coefficient (Wildman–Crippen LogP) is 6.39. The van der Waals surface area contributed by atoms with E-state index < -0.39 is 6.04 Å². The highest BCUT2D eigenvalue weighted by Crippen LogP contribution is 2.28. The summed E-state index contributed by atoms with van der Waals surface area (Å²) in [6.45, 7) is 1.98. The molecule has 0 aliphatic heterocycles. The first kappa shape index (κ1) is 25.9. The van der Waals surface area contributed by atoms with E-state index in [9.17, 15) is 9.59 Å². The van der Waals surface area contributed by atoms with Crippen LogP contribution in [-0.4, -0.2) is 35.4 Å². The van der Waals surface area contributed by atoms with Crippen LogP contribution in [0.4, 0.5) is 0 Å². The van der Waals surface area contributed by atoms with Crippen LogP contribution in [0.3, 0.4) is 0 Å². The molecule has 0 bridgehead atoms. The maximum atomic E-state index is 13.3. The van der Waals surface area contributed by atoms with Gasteiger partial charge < -0.3 is 15.0 Å². The van der Waals surface area contributed by atoms with Gasteiger partial charge in [-0.05, 0) is 55.2 Å². The minimum atomic E-state index is -0.598. The molecule has 0 aromatic heterocycles. The van der Waals surface area contributed by atoms with Gasteiger partial charge in [-0.15, -0.1) is 0 Å². The first-order valence-corrected chi connectivity index (χ1v) is 12.8. The Labute approximate surface area is 213 Å². The summed E-state index contributed by atoms with van der Waals surface area (Å²) in [5.74, 6) is 0.0160. The zero-order valence-corrected chi connectivity index (χ0v) is 21.8. The molecule has 8 heteroatoms. The lowest BCUT2D eigenvalue weighted by atomic mass is 9.95. The fraction of sp³-hybridized carbons (Fsp3) is 0.440. The summed E-state index contributed by atoms with van der Waals surface area (Å²) < 4.78 is 6.54. The molecule has 1 aliphatic carbocycles. The van der Waals surface area contributed by atoms with Gasteiger partial charge in [0.1, 0.15) is 11.8 Å². The molecular weight excluding hydrogens is 527 g/mol. The van der Waals surface area contributed by atoms with Gasteiger partial charge in [0.25, 0.3) is 5.91 Å². The standard InChI is InChI=1S/C25H29BrCl2N2O3/c1-2-22(25(32)29-20-6-4-3-5-7-20)30(15-17-8-11-19(27)12-9-17)24(31)16-33-23-13-10-18(26)14-21(23)28/h8-14,20,22H,2-7,15-16H2,1H3,(H,29,32). The molecule has 1 atom stereocenters. The van der Waals surface area contributed by atoms with E-state index in [1.54, 1.807) is 35.2 Å². The monoisotopic (exact) mass is 554 g/mol. The third-order valence-corrected chi connectivity index (χ3v) is 6.89. The summed E-state index contributed by atoms with van der Waals surface area (Å²) in [6, 6.07) is 12.1. The lowest BCUT2D eigenvalue weighted by Crippen LogP contribution is -2.52. The topological polar surface area (TPSA) is 58.6 Å². The normalized spacial score (nSPS) is 15.0. The number of hydrogen-bond donors (Lipinski definition) is 1. The third kappa shape index (κ3) is 7.62. The van der Waals surface area contributed by atoms with Crippen molar-refractivity contribution in [2.75, 3.05) is 6.61 Å². The molecule has 178 valence electrons. The van der Waals surface area contributed by atoms with Gasteiger partial charge in [0.2, 0.25) is 5.91 Å². The minimum Gasteiger partial charge on any atom is -0.482 e. The molecule has 2 aromatic carbocycles.